The molecule has 4 saturated carbocycles. The van der Waals surface area contributed by atoms with Gasteiger partial charge in [0.2, 0.25) is 0 Å². The minimum Gasteiger partial charge on any atom is -0.438 e. The number of epoxide rings is 1. The zero-order chi connectivity index (χ0) is 26.1. The van der Waals surface area contributed by atoms with Crippen LogP contribution in [0.25, 0.3) is 0 Å². The smallest absolute Gasteiger partial charge is 0.325 e. The van der Waals surface area contributed by atoms with E-state index in [9.17, 15) is 0 Å². The highest BCUT2D eigenvalue weighted by Gasteiger charge is 2.53. The molecule has 1 heterocycles. The third kappa shape index (κ3) is 7.94. The standard InChI is InChI=1S/C28H56O5Si4.CH4/c1-29-36(4,21-20-23-18-19-27-28(22-23)30-27)33-37(5,26-16-10-11-17-26)32-35(2,3)31-34(24-12-6-7-13-24)25-14-8-9-15-25;/h23-28,34H,6-22H2,1-5H3;1H4. The molecule has 5 rings (SSSR count). The predicted octanol–water partition coefficient (Wildman–Crippen LogP) is 8.68. The predicted molar refractivity (Wildman–Crippen MR) is 167 cm³/mol. The quantitative estimate of drug-likeness (QED) is 0.156. The lowest BCUT2D eigenvalue weighted by molar-refractivity contribution is 0.241. The first-order valence-corrected chi connectivity index (χ1v) is 25.5. The Labute approximate surface area is 239 Å². The van der Waals surface area contributed by atoms with E-state index in [1.54, 1.807) is 0 Å². The summed E-state index contributed by atoms with van der Waals surface area (Å²) in [5.41, 5.74) is 2.34. The monoisotopic (exact) mass is 600 g/mol. The summed E-state index contributed by atoms with van der Waals surface area (Å²) in [5.74, 6) is 0.772. The molecule has 5 atom stereocenters. The van der Waals surface area contributed by atoms with E-state index in [1.165, 1.54) is 103 Å². The summed E-state index contributed by atoms with van der Waals surface area (Å²) in [6.07, 6.45) is 22.6. The van der Waals surface area contributed by atoms with Gasteiger partial charge in [0.15, 0.2) is 9.04 Å². The highest BCUT2D eigenvalue weighted by molar-refractivity contribution is 6.87. The first kappa shape index (κ1) is 31.6. The highest BCUT2D eigenvalue weighted by Crippen LogP contribution is 2.47. The Morgan fingerprint density at radius 2 is 1.32 bits per heavy atom. The molecule has 5 fully saturated rings. The molecule has 0 bridgehead atoms. The molecule has 5 nitrogen and oxygen atoms in total. The Morgan fingerprint density at radius 3 is 1.87 bits per heavy atom. The van der Waals surface area contributed by atoms with Crippen molar-refractivity contribution in [1.82, 2.24) is 0 Å². The molecule has 0 spiro atoms. The normalized spacial score (nSPS) is 32.2. The molecule has 0 amide bonds. The number of hydrogen-bond acceptors (Lipinski definition) is 5. The fourth-order valence-corrected chi connectivity index (χ4v) is 28.8. The zero-order valence-corrected chi connectivity index (χ0v) is 28.8. The summed E-state index contributed by atoms with van der Waals surface area (Å²) >= 11 is 0. The van der Waals surface area contributed by atoms with Gasteiger partial charge in [-0.05, 0) is 87.8 Å². The van der Waals surface area contributed by atoms with Crippen molar-refractivity contribution < 1.29 is 21.5 Å². The first-order valence-electron chi connectivity index (χ1n) is 16.0. The van der Waals surface area contributed by atoms with E-state index in [0.717, 1.165) is 23.0 Å². The maximum Gasteiger partial charge on any atom is 0.325 e. The van der Waals surface area contributed by atoms with E-state index >= 15 is 0 Å². The van der Waals surface area contributed by atoms with Crippen molar-refractivity contribution in [3.63, 3.8) is 0 Å². The van der Waals surface area contributed by atoms with Crippen LogP contribution in [0.3, 0.4) is 0 Å². The van der Waals surface area contributed by atoms with Gasteiger partial charge in [-0.1, -0.05) is 71.6 Å². The largest absolute Gasteiger partial charge is 0.438 e. The van der Waals surface area contributed by atoms with Gasteiger partial charge in [-0.25, -0.2) is 0 Å². The van der Waals surface area contributed by atoms with Crippen LogP contribution >= 0.6 is 0 Å². The second kappa shape index (κ2) is 13.3. The third-order valence-electron chi connectivity index (χ3n) is 10.7. The summed E-state index contributed by atoms with van der Waals surface area (Å²) < 4.78 is 34.2. The van der Waals surface area contributed by atoms with Gasteiger partial charge in [0.05, 0.1) is 12.2 Å². The van der Waals surface area contributed by atoms with Gasteiger partial charge in [0.25, 0.3) is 0 Å². The van der Waals surface area contributed by atoms with Gasteiger partial charge in [-0.2, -0.15) is 0 Å². The van der Waals surface area contributed by atoms with E-state index in [1.807, 2.05) is 7.11 Å². The molecule has 1 saturated heterocycles. The first-order chi connectivity index (χ1) is 17.7. The highest BCUT2D eigenvalue weighted by atomic mass is 28.5. The molecule has 0 radical (unpaired) electrons. The Bertz CT molecular complexity index is 724. The fraction of sp³-hybridized carbons (Fsp3) is 1.00. The summed E-state index contributed by atoms with van der Waals surface area (Å²) in [6.45, 7) is 9.44. The van der Waals surface area contributed by atoms with Crippen LogP contribution < -0.4 is 0 Å². The summed E-state index contributed by atoms with van der Waals surface area (Å²) in [6, 6.07) is 1.08. The number of ether oxygens (including phenoxy) is 1. The summed E-state index contributed by atoms with van der Waals surface area (Å²) in [4.78, 5) is 0. The van der Waals surface area contributed by atoms with Gasteiger partial charge in [-0.15, -0.1) is 0 Å². The second-order valence-electron chi connectivity index (χ2n) is 14.0. The van der Waals surface area contributed by atoms with E-state index in [2.05, 4.69) is 26.2 Å². The average molecular weight is 601 g/mol. The molecular weight excluding hydrogens is 541 g/mol. The van der Waals surface area contributed by atoms with Crippen molar-refractivity contribution in [2.75, 3.05) is 7.11 Å². The maximum atomic E-state index is 7.37. The Balaban J connectivity index is 0.00000336. The number of rotatable bonds is 13. The lowest BCUT2D eigenvalue weighted by atomic mass is 9.88. The topological polar surface area (TPSA) is 49.5 Å². The minimum absolute atomic E-state index is 0. The van der Waals surface area contributed by atoms with Crippen LogP contribution in [-0.4, -0.2) is 54.0 Å². The van der Waals surface area contributed by atoms with Crippen LogP contribution in [0.1, 0.15) is 110 Å². The molecule has 0 aromatic heterocycles. The van der Waals surface area contributed by atoms with E-state index in [4.69, 9.17) is 21.5 Å². The number of fused-ring (bicyclic) bond motifs is 1. The average Bonchev–Trinajstić information content (AvgIpc) is 3.39. The van der Waals surface area contributed by atoms with E-state index in [0.29, 0.717) is 17.7 Å². The van der Waals surface area contributed by atoms with Crippen LogP contribution in [0.2, 0.25) is 48.9 Å². The van der Waals surface area contributed by atoms with Gasteiger partial charge in [0.1, 0.15) is 0 Å². The molecule has 5 unspecified atom stereocenters. The maximum absolute atomic E-state index is 7.37. The van der Waals surface area contributed by atoms with Crippen LogP contribution in [0.15, 0.2) is 0 Å². The zero-order valence-electron chi connectivity index (χ0n) is 24.6. The van der Waals surface area contributed by atoms with Gasteiger partial charge in [-0.3, -0.25) is 0 Å². The molecule has 5 aliphatic rings. The molecular formula is C29H60O5Si4. The SMILES string of the molecule is C.CO[Si](C)(CCC1CCC2OC2C1)O[Si](C)(O[Si](C)(C)O[SiH](C1CCCC1)C1CCCC1)C1CCCC1. The number of hydrogen-bond donors (Lipinski definition) is 0. The van der Waals surface area contributed by atoms with Crippen LogP contribution in [0.5, 0.6) is 0 Å². The van der Waals surface area contributed by atoms with Crippen molar-refractivity contribution in [2.45, 2.75) is 171 Å². The Hall–Kier alpha value is 0.668. The van der Waals surface area contributed by atoms with Crippen molar-refractivity contribution >= 4 is 34.7 Å². The van der Waals surface area contributed by atoms with Crippen molar-refractivity contribution in [1.29, 1.82) is 0 Å². The van der Waals surface area contributed by atoms with Crippen molar-refractivity contribution in [2.24, 2.45) is 5.92 Å². The van der Waals surface area contributed by atoms with Crippen LogP contribution in [0.4, 0.5) is 0 Å². The van der Waals surface area contributed by atoms with Crippen LogP contribution in [0, 0.1) is 5.92 Å². The lowest BCUT2D eigenvalue weighted by Gasteiger charge is -2.45. The fourth-order valence-electron chi connectivity index (χ4n) is 8.47. The second-order valence-corrected chi connectivity index (χ2v) is 28.3. The van der Waals surface area contributed by atoms with E-state index < -0.39 is 34.7 Å². The molecule has 222 valence electrons. The Kier molecular flexibility index (Phi) is 11.1. The molecule has 0 aromatic carbocycles. The third-order valence-corrected chi connectivity index (χ3v) is 28.3. The van der Waals surface area contributed by atoms with Crippen molar-refractivity contribution in [3.8, 4) is 0 Å². The van der Waals surface area contributed by atoms with Crippen LogP contribution in [-0.2, 0) is 21.5 Å². The molecule has 0 aromatic rings. The van der Waals surface area contributed by atoms with Gasteiger partial charge >= 0.3 is 25.7 Å². The molecule has 9 heteroatoms. The van der Waals surface area contributed by atoms with Gasteiger partial charge in [0, 0.05) is 12.7 Å². The minimum atomic E-state index is -2.48. The lowest BCUT2D eigenvalue weighted by Crippen LogP contribution is -2.60. The molecule has 4 aliphatic carbocycles. The molecule has 0 N–H and O–H groups in total. The molecule has 38 heavy (non-hydrogen) atoms. The van der Waals surface area contributed by atoms with Gasteiger partial charge < -0.3 is 21.5 Å². The molecule has 1 aliphatic heterocycles. The Morgan fingerprint density at radius 1 is 0.737 bits per heavy atom. The van der Waals surface area contributed by atoms with E-state index in [-0.39, 0.29) is 7.43 Å². The van der Waals surface area contributed by atoms with Crippen molar-refractivity contribution in [3.05, 3.63) is 0 Å². The summed E-state index contributed by atoms with van der Waals surface area (Å²) in [5, 5.41) is 0. The summed E-state index contributed by atoms with van der Waals surface area (Å²) in [7, 11) is -6.55.